The fraction of sp³-hybridized carbons (Fsp3) is 0.231. The molecule has 5 rings (SSSR count). The molecule has 0 bridgehead atoms. The molecule has 1 aliphatic rings. The zero-order valence-corrected chi connectivity index (χ0v) is 21.2. The van der Waals surface area contributed by atoms with E-state index in [1.54, 1.807) is 29.2 Å². The van der Waals surface area contributed by atoms with Crippen LogP contribution in [0.25, 0.3) is 0 Å². The van der Waals surface area contributed by atoms with Gasteiger partial charge in [0.05, 0.1) is 16.7 Å². The van der Waals surface area contributed by atoms with Gasteiger partial charge in [-0.3, -0.25) is 9.59 Å². The summed E-state index contributed by atoms with van der Waals surface area (Å²) < 4.78 is 19.5. The number of thiophene rings is 1. The molecule has 2 aromatic carbocycles. The summed E-state index contributed by atoms with van der Waals surface area (Å²) in [4.78, 5) is 30.5. The lowest BCUT2D eigenvalue weighted by Gasteiger charge is -2.23. The minimum absolute atomic E-state index is 0.0379. The van der Waals surface area contributed by atoms with Crippen LogP contribution < -0.4 is 10.1 Å². The van der Waals surface area contributed by atoms with Crippen molar-refractivity contribution < 1.29 is 18.7 Å². The number of hydrogen-bond donors (Lipinski definition) is 1. The minimum atomic E-state index is -0.626. The molecule has 8 nitrogen and oxygen atoms in total. The molecule has 2 amide bonds. The van der Waals surface area contributed by atoms with Crippen LogP contribution in [0.4, 0.5) is 10.1 Å². The van der Waals surface area contributed by atoms with Crippen molar-refractivity contribution in [1.29, 1.82) is 0 Å². The Morgan fingerprint density at radius 3 is 2.35 bits per heavy atom. The van der Waals surface area contributed by atoms with Gasteiger partial charge < -0.3 is 15.0 Å². The van der Waals surface area contributed by atoms with Gasteiger partial charge in [0.2, 0.25) is 11.8 Å². The third-order valence-electron chi connectivity index (χ3n) is 6.04. The lowest BCUT2D eigenvalue weighted by atomic mass is 10.0. The second kappa shape index (κ2) is 11.1. The van der Waals surface area contributed by atoms with Crippen LogP contribution in [-0.4, -0.2) is 44.3 Å². The number of carbonyl (C=O) groups is 2. The quantitative estimate of drug-likeness (QED) is 0.339. The molecule has 0 spiro atoms. The summed E-state index contributed by atoms with van der Waals surface area (Å²) in [5, 5.41) is 10.9. The van der Waals surface area contributed by atoms with Crippen molar-refractivity contribution in [2.24, 2.45) is 5.92 Å². The Morgan fingerprint density at radius 2 is 1.70 bits per heavy atom. The van der Waals surface area contributed by atoms with Crippen molar-refractivity contribution in [3.05, 3.63) is 88.1 Å². The van der Waals surface area contributed by atoms with E-state index >= 15 is 0 Å². The standard InChI is InChI=1S/C26H23ClFN5O3S/c27-24-10-9-22(37-24)13-17-14-23(32(15-17)25(34)16-33-29-11-12-30-33)26(35)31-19-3-7-21(8-4-19)36-20-5-1-18(28)2-6-20/h1-12,17,23H,13-16H2,(H,31,35). The first-order valence-corrected chi connectivity index (χ1v) is 12.8. The van der Waals surface area contributed by atoms with Crippen molar-refractivity contribution in [2.45, 2.75) is 25.4 Å². The van der Waals surface area contributed by atoms with E-state index in [0.29, 0.717) is 34.5 Å². The van der Waals surface area contributed by atoms with E-state index in [9.17, 15) is 14.0 Å². The van der Waals surface area contributed by atoms with Gasteiger partial charge in [-0.1, -0.05) is 11.6 Å². The molecular weight excluding hydrogens is 517 g/mol. The molecule has 0 radical (unpaired) electrons. The predicted octanol–water partition coefficient (Wildman–Crippen LogP) is 5.02. The fourth-order valence-electron chi connectivity index (χ4n) is 4.35. The van der Waals surface area contributed by atoms with Crippen molar-refractivity contribution in [1.82, 2.24) is 19.9 Å². The van der Waals surface area contributed by atoms with Gasteiger partial charge in [-0.05, 0) is 79.4 Å². The van der Waals surface area contributed by atoms with Crippen molar-refractivity contribution >= 4 is 40.4 Å². The molecule has 1 saturated heterocycles. The summed E-state index contributed by atoms with van der Waals surface area (Å²) >= 11 is 7.60. The number of benzene rings is 2. The maximum atomic E-state index is 13.3. The zero-order chi connectivity index (χ0) is 25.8. The average molecular weight is 540 g/mol. The number of nitrogens with zero attached hydrogens (tertiary/aromatic N) is 4. The third kappa shape index (κ3) is 6.33. The van der Waals surface area contributed by atoms with E-state index in [0.717, 1.165) is 11.3 Å². The number of carbonyl (C=O) groups excluding carboxylic acids is 2. The highest BCUT2D eigenvalue weighted by Gasteiger charge is 2.39. The van der Waals surface area contributed by atoms with Crippen molar-refractivity contribution in [3.8, 4) is 11.5 Å². The van der Waals surface area contributed by atoms with Gasteiger partial charge in [-0.15, -0.1) is 11.3 Å². The molecule has 0 saturated carbocycles. The molecular formula is C26H23ClFN5O3S. The van der Waals surface area contributed by atoms with E-state index < -0.39 is 6.04 Å². The fourth-order valence-corrected chi connectivity index (χ4v) is 5.55. The van der Waals surface area contributed by atoms with E-state index in [2.05, 4.69) is 15.5 Å². The maximum Gasteiger partial charge on any atom is 0.247 e. The molecule has 1 aliphatic heterocycles. The van der Waals surface area contributed by atoms with Gasteiger partial charge in [0.25, 0.3) is 0 Å². The lowest BCUT2D eigenvalue weighted by Crippen LogP contribution is -2.44. The van der Waals surface area contributed by atoms with Gasteiger partial charge in [-0.25, -0.2) is 4.39 Å². The molecule has 2 aromatic heterocycles. The zero-order valence-electron chi connectivity index (χ0n) is 19.6. The van der Waals surface area contributed by atoms with Crippen LogP contribution in [0, 0.1) is 11.7 Å². The van der Waals surface area contributed by atoms with E-state index in [1.807, 2.05) is 12.1 Å². The van der Waals surface area contributed by atoms with Crippen LogP contribution in [-0.2, 0) is 22.6 Å². The SMILES string of the molecule is O=C(Nc1ccc(Oc2ccc(F)cc2)cc1)C1CC(Cc2ccc(Cl)s2)CN1C(=O)Cn1nccn1. The lowest BCUT2D eigenvalue weighted by molar-refractivity contribution is -0.137. The Bertz CT molecular complexity index is 1360. The van der Waals surface area contributed by atoms with Crippen LogP contribution in [0.1, 0.15) is 11.3 Å². The molecule has 1 fully saturated rings. The molecule has 1 N–H and O–H groups in total. The predicted molar refractivity (Wildman–Crippen MR) is 138 cm³/mol. The Labute approximate surface area is 221 Å². The molecule has 0 aliphatic carbocycles. The van der Waals surface area contributed by atoms with Gasteiger partial charge in [0.15, 0.2) is 0 Å². The minimum Gasteiger partial charge on any atom is -0.457 e. The Morgan fingerprint density at radius 1 is 1.03 bits per heavy atom. The first-order valence-electron chi connectivity index (χ1n) is 11.6. The highest BCUT2D eigenvalue weighted by Crippen LogP contribution is 2.31. The third-order valence-corrected chi connectivity index (χ3v) is 7.30. The van der Waals surface area contributed by atoms with Crippen LogP contribution in [0.5, 0.6) is 11.5 Å². The van der Waals surface area contributed by atoms with Gasteiger partial charge >= 0.3 is 0 Å². The van der Waals surface area contributed by atoms with Crippen LogP contribution in [0.3, 0.4) is 0 Å². The van der Waals surface area contributed by atoms with E-state index in [1.165, 1.54) is 52.8 Å². The summed E-state index contributed by atoms with van der Waals surface area (Å²) in [6.45, 7) is 0.419. The largest absolute Gasteiger partial charge is 0.457 e. The first kappa shape index (κ1) is 24.9. The van der Waals surface area contributed by atoms with E-state index in [-0.39, 0.29) is 30.1 Å². The first-order chi connectivity index (χ1) is 17.9. The molecule has 2 atom stereocenters. The van der Waals surface area contributed by atoms with E-state index in [4.69, 9.17) is 16.3 Å². The van der Waals surface area contributed by atoms with Gasteiger partial charge in [0.1, 0.15) is 29.9 Å². The average Bonchev–Trinajstić information content (AvgIpc) is 3.64. The smallest absolute Gasteiger partial charge is 0.247 e. The van der Waals surface area contributed by atoms with Crippen LogP contribution >= 0.6 is 22.9 Å². The Balaban J connectivity index is 1.26. The molecule has 3 heterocycles. The summed E-state index contributed by atoms with van der Waals surface area (Å²) in [7, 11) is 0. The van der Waals surface area contributed by atoms with Crippen LogP contribution in [0.15, 0.2) is 73.1 Å². The summed E-state index contributed by atoms with van der Waals surface area (Å²) in [5.41, 5.74) is 0.575. The topological polar surface area (TPSA) is 89.4 Å². The number of halogens is 2. The molecule has 11 heteroatoms. The molecule has 2 unspecified atom stereocenters. The number of nitrogens with one attached hydrogen (secondary N) is 1. The molecule has 37 heavy (non-hydrogen) atoms. The Hall–Kier alpha value is -3.76. The number of hydrogen-bond acceptors (Lipinski definition) is 6. The number of rotatable bonds is 8. The summed E-state index contributed by atoms with van der Waals surface area (Å²) in [6, 6.07) is 15.8. The van der Waals surface area contributed by atoms with Crippen molar-refractivity contribution in [2.75, 3.05) is 11.9 Å². The van der Waals surface area contributed by atoms with Crippen molar-refractivity contribution in [3.63, 3.8) is 0 Å². The van der Waals surface area contributed by atoms with Gasteiger partial charge in [0, 0.05) is 17.1 Å². The summed E-state index contributed by atoms with van der Waals surface area (Å²) in [6.07, 6.45) is 4.29. The molecule has 4 aromatic rings. The number of anilines is 1. The Kier molecular flexibility index (Phi) is 7.47. The normalized spacial score (nSPS) is 17.1. The monoisotopic (exact) mass is 539 g/mol. The number of amides is 2. The highest BCUT2D eigenvalue weighted by molar-refractivity contribution is 7.16. The summed E-state index contributed by atoms with van der Waals surface area (Å²) in [5.74, 6) is 0.345. The number of likely N-dealkylation sites (tertiary alicyclic amines) is 1. The second-order valence-corrected chi connectivity index (χ2v) is 10.5. The molecule has 190 valence electrons. The van der Waals surface area contributed by atoms with Crippen LogP contribution in [0.2, 0.25) is 4.34 Å². The second-order valence-electron chi connectivity index (χ2n) is 8.70. The number of aromatic nitrogens is 3. The maximum absolute atomic E-state index is 13.3. The number of ether oxygens (including phenoxy) is 1. The van der Waals surface area contributed by atoms with Gasteiger partial charge in [-0.2, -0.15) is 15.0 Å². The highest BCUT2D eigenvalue weighted by atomic mass is 35.5.